The molecular formula is C26H14Y2-4. The number of benzene rings is 5. The first-order valence-corrected chi connectivity index (χ1v) is 8.62. The number of rotatable bonds is 2. The van der Waals surface area contributed by atoms with Gasteiger partial charge in [0.15, 0.2) is 0 Å². The molecule has 28 heavy (non-hydrogen) atoms. The largest absolute Gasteiger partial charge is 0.226 e. The van der Waals surface area contributed by atoms with Gasteiger partial charge in [-0.15, -0.1) is 34.4 Å². The Morgan fingerprint density at radius 3 is 2.07 bits per heavy atom. The Morgan fingerprint density at radius 2 is 1.25 bits per heavy atom. The van der Waals surface area contributed by atoms with Crippen LogP contribution in [0.3, 0.4) is 0 Å². The van der Waals surface area contributed by atoms with Crippen molar-refractivity contribution in [3.05, 3.63) is 109 Å². The van der Waals surface area contributed by atoms with Crippen molar-refractivity contribution in [2.24, 2.45) is 0 Å². The molecule has 0 saturated carbocycles. The van der Waals surface area contributed by atoms with Crippen molar-refractivity contribution < 1.29 is 65.4 Å². The smallest absolute Gasteiger partial charge is 0 e. The Hall–Kier alpha value is -1.17. The van der Waals surface area contributed by atoms with Gasteiger partial charge in [-0.05, 0) is 0 Å². The van der Waals surface area contributed by atoms with E-state index in [1.165, 1.54) is 16.2 Å². The normalized spacial score (nSPS) is 10.3. The van der Waals surface area contributed by atoms with Crippen molar-refractivity contribution in [2.75, 3.05) is 0 Å². The predicted molar refractivity (Wildman–Crippen MR) is 108 cm³/mol. The molecule has 0 fully saturated rings. The fraction of sp³-hybridized carbons (Fsp3) is 0. The van der Waals surface area contributed by atoms with Gasteiger partial charge in [0.05, 0.1) is 0 Å². The second-order valence-electron chi connectivity index (χ2n) is 6.32. The van der Waals surface area contributed by atoms with E-state index in [1.807, 2.05) is 36.4 Å². The Bertz CT molecular complexity index is 1220. The van der Waals surface area contributed by atoms with Crippen LogP contribution in [-0.4, -0.2) is 0 Å². The zero-order chi connectivity index (χ0) is 17.3. The zero-order valence-corrected chi connectivity index (χ0v) is 20.9. The van der Waals surface area contributed by atoms with Crippen LogP contribution >= 0.6 is 0 Å². The maximum Gasteiger partial charge on any atom is 0 e. The molecule has 0 atom stereocenters. The van der Waals surface area contributed by atoms with Crippen molar-refractivity contribution in [3.63, 3.8) is 0 Å². The van der Waals surface area contributed by atoms with Crippen LogP contribution in [0, 0.1) is 24.3 Å². The van der Waals surface area contributed by atoms with E-state index in [1.54, 1.807) is 0 Å². The molecule has 0 aromatic heterocycles. The van der Waals surface area contributed by atoms with Crippen molar-refractivity contribution in [2.45, 2.75) is 0 Å². The van der Waals surface area contributed by atoms with E-state index in [2.05, 4.69) is 72.8 Å². The molecule has 0 spiro atoms. The summed E-state index contributed by atoms with van der Waals surface area (Å²) >= 11 is 0. The van der Waals surface area contributed by atoms with Crippen LogP contribution in [-0.2, 0) is 65.4 Å². The van der Waals surface area contributed by atoms with Gasteiger partial charge < -0.3 is 0 Å². The van der Waals surface area contributed by atoms with Gasteiger partial charge in [-0.25, -0.2) is 22.3 Å². The predicted octanol–water partition coefficient (Wildman–Crippen LogP) is 6.52. The van der Waals surface area contributed by atoms with Gasteiger partial charge in [-0.2, -0.15) is 78.2 Å². The standard InChI is InChI=1S/C26H14.2Y/c1-2-7-19(8-3-1)22-15-13-20-14-16-23(18-24(20)17-22)26-12-6-10-21-9-4-5-11-25(21)26;;/h1-7,9-11,13-14,17-18H;;/q-4;;. The maximum absolute atomic E-state index is 3.42. The number of hydrogen-bond donors (Lipinski definition) is 0. The van der Waals surface area contributed by atoms with Gasteiger partial charge in [0.1, 0.15) is 0 Å². The second kappa shape index (κ2) is 9.55. The molecule has 5 rings (SSSR count). The second-order valence-corrected chi connectivity index (χ2v) is 6.32. The Kier molecular flexibility index (Phi) is 7.35. The molecule has 0 aliphatic carbocycles. The fourth-order valence-electron chi connectivity index (χ4n) is 3.37. The number of fused-ring (bicyclic) bond motifs is 2. The summed E-state index contributed by atoms with van der Waals surface area (Å²) < 4.78 is 0. The van der Waals surface area contributed by atoms with Gasteiger partial charge in [-0.1, -0.05) is 18.2 Å². The summed E-state index contributed by atoms with van der Waals surface area (Å²) in [7, 11) is 0. The minimum atomic E-state index is 0. The molecule has 0 aliphatic heterocycles. The van der Waals surface area contributed by atoms with Crippen molar-refractivity contribution >= 4 is 21.5 Å². The van der Waals surface area contributed by atoms with Crippen LogP contribution in [0.4, 0.5) is 0 Å². The van der Waals surface area contributed by atoms with Crippen LogP contribution in [0.15, 0.2) is 84.9 Å². The van der Waals surface area contributed by atoms with E-state index in [-0.39, 0.29) is 65.4 Å². The molecule has 2 radical (unpaired) electrons. The molecule has 5 aromatic rings. The summed E-state index contributed by atoms with van der Waals surface area (Å²) in [5, 5.41) is 4.72. The third-order valence-electron chi connectivity index (χ3n) is 4.69. The molecule has 2 heteroatoms. The van der Waals surface area contributed by atoms with Crippen molar-refractivity contribution in [1.82, 2.24) is 0 Å². The molecule has 0 heterocycles. The first-order valence-electron chi connectivity index (χ1n) is 8.62. The summed E-state index contributed by atoms with van der Waals surface area (Å²) in [6, 6.07) is 42.4. The SMILES string of the molecule is [Y].[Y].[c-]1ccccc1-c1[c-]cc2c[c-]c(-c3[c-]ccc4ccccc34)cc2c1. The molecule has 0 aliphatic rings. The van der Waals surface area contributed by atoms with E-state index in [9.17, 15) is 0 Å². The Balaban J connectivity index is 0.00000112. The van der Waals surface area contributed by atoms with Crippen LogP contribution in [0.25, 0.3) is 43.8 Å². The van der Waals surface area contributed by atoms with Crippen molar-refractivity contribution in [1.29, 1.82) is 0 Å². The zero-order valence-electron chi connectivity index (χ0n) is 15.2. The molecular weight excluding hydrogens is 490 g/mol. The molecule has 0 saturated heterocycles. The first kappa shape index (κ1) is 21.5. The van der Waals surface area contributed by atoms with E-state index < -0.39 is 0 Å². The van der Waals surface area contributed by atoms with Gasteiger partial charge in [0, 0.05) is 65.4 Å². The summed E-state index contributed by atoms with van der Waals surface area (Å²) in [6.07, 6.45) is 0. The van der Waals surface area contributed by atoms with E-state index in [0.717, 1.165) is 27.6 Å². The molecule has 0 bridgehead atoms. The maximum atomic E-state index is 3.42. The average molecular weight is 504 g/mol. The Morgan fingerprint density at radius 1 is 0.500 bits per heavy atom. The monoisotopic (exact) mass is 504 g/mol. The third kappa shape index (κ3) is 4.22. The van der Waals surface area contributed by atoms with Crippen LogP contribution in [0.1, 0.15) is 0 Å². The van der Waals surface area contributed by atoms with Crippen LogP contribution in [0.2, 0.25) is 0 Å². The Labute approximate surface area is 216 Å². The van der Waals surface area contributed by atoms with Crippen LogP contribution < -0.4 is 0 Å². The van der Waals surface area contributed by atoms with Gasteiger partial charge >= 0.3 is 0 Å². The average Bonchev–Trinajstić information content (AvgIpc) is 2.73. The molecule has 0 nitrogen and oxygen atoms in total. The van der Waals surface area contributed by atoms with E-state index >= 15 is 0 Å². The molecule has 5 aromatic carbocycles. The summed E-state index contributed by atoms with van der Waals surface area (Å²) in [5.41, 5.74) is 4.26. The summed E-state index contributed by atoms with van der Waals surface area (Å²) in [6.45, 7) is 0. The molecule has 0 unspecified atom stereocenters. The van der Waals surface area contributed by atoms with Gasteiger partial charge in [-0.3, -0.25) is 0 Å². The van der Waals surface area contributed by atoms with Gasteiger partial charge in [0.25, 0.3) is 0 Å². The molecule has 0 N–H and O–H groups in total. The summed E-state index contributed by atoms with van der Waals surface area (Å²) in [5.74, 6) is 0. The van der Waals surface area contributed by atoms with E-state index in [0.29, 0.717) is 0 Å². The first-order chi connectivity index (χ1) is 12.9. The fourth-order valence-corrected chi connectivity index (χ4v) is 3.37. The molecule has 128 valence electrons. The molecule has 0 amide bonds. The van der Waals surface area contributed by atoms with E-state index in [4.69, 9.17) is 0 Å². The van der Waals surface area contributed by atoms with Crippen molar-refractivity contribution in [3.8, 4) is 22.3 Å². The van der Waals surface area contributed by atoms with Crippen LogP contribution in [0.5, 0.6) is 0 Å². The number of hydrogen-bond acceptors (Lipinski definition) is 0. The quantitative estimate of drug-likeness (QED) is 0.240. The summed E-state index contributed by atoms with van der Waals surface area (Å²) in [4.78, 5) is 0. The topological polar surface area (TPSA) is 0 Å². The van der Waals surface area contributed by atoms with Gasteiger partial charge in [0.2, 0.25) is 0 Å². The third-order valence-corrected chi connectivity index (χ3v) is 4.69. The minimum absolute atomic E-state index is 0. The minimum Gasteiger partial charge on any atom is -0.226 e.